The van der Waals surface area contributed by atoms with Gasteiger partial charge < -0.3 is 23.8 Å². The van der Waals surface area contributed by atoms with Crippen LogP contribution in [0, 0.1) is 0 Å². The summed E-state index contributed by atoms with van der Waals surface area (Å²) < 4.78 is 17.4. The second kappa shape index (κ2) is 50.4. The fraction of sp³-hybridized carbons (Fsp3) is 0.783. The van der Waals surface area contributed by atoms with Crippen molar-refractivity contribution < 1.29 is 38.2 Å². The Labute approximate surface area is 419 Å². The highest BCUT2D eigenvalue weighted by Crippen LogP contribution is 2.17. The van der Waals surface area contributed by atoms with Gasteiger partial charge in [-0.2, -0.15) is 0 Å². The highest BCUT2D eigenvalue weighted by atomic mass is 16.6. The molecular weight excluding hydrogens is 847 g/mol. The highest BCUT2D eigenvalue weighted by Gasteiger charge is 2.31. The highest BCUT2D eigenvalue weighted by molar-refractivity contribution is 5.72. The molecule has 0 amide bonds. The number of likely N-dealkylation sites (N-methyl/N-ethyl adjacent to an activating group) is 1. The van der Waals surface area contributed by atoms with Gasteiger partial charge in [0, 0.05) is 19.3 Å². The summed E-state index contributed by atoms with van der Waals surface area (Å²) in [4.78, 5) is 37.3. The lowest BCUT2D eigenvalue weighted by Crippen LogP contribution is -2.50. The van der Waals surface area contributed by atoms with Gasteiger partial charge in [0.25, 0.3) is 0 Å². The molecule has 8 nitrogen and oxygen atoms in total. The molecular formula is C60H108NO7+. The van der Waals surface area contributed by atoms with Gasteiger partial charge in [0.1, 0.15) is 6.61 Å². The van der Waals surface area contributed by atoms with Crippen LogP contribution < -0.4 is 0 Å². The van der Waals surface area contributed by atoms with E-state index in [0.29, 0.717) is 19.3 Å². The maximum absolute atomic E-state index is 12.8. The van der Waals surface area contributed by atoms with Crippen LogP contribution in [-0.2, 0) is 28.6 Å². The van der Waals surface area contributed by atoms with E-state index in [9.17, 15) is 19.5 Å². The Morgan fingerprint density at radius 3 is 1.22 bits per heavy atom. The smallest absolute Gasteiger partial charge is 0.362 e. The number of carbonyl (C=O) groups excluding carboxylic acids is 2. The van der Waals surface area contributed by atoms with Crippen LogP contribution in [0.2, 0.25) is 0 Å². The zero-order valence-corrected chi connectivity index (χ0v) is 45.1. The molecule has 0 aliphatic heterocycles. The Balaban J connectivity index is 4.20. The van der Waals surface area contributed by atoms with Gasteiger partial charge >= 0.3 is 17.9 Å². The average Bonchev–Trinajstić information content (AvgIpc) is 3.30. The number of hydrogen-bond acceptors (Lipinski definition) is 6. The number of unbranched alkanes of at least 4 members (excludes halogenated alkanes) is 27. The number of hydrogen-bond donors (Lipinski definition) is 1. The normalized spacial score (nSPS) is 13.2. The molecule has 8 heteroatoms. The predicted octanol–water partition coefficient (Wildman–Crippen LogP) is 16.9. The Hall–Kier alpha value is -2.97. The van der Waals surface area contributed by atoms with E-state index in [0.717, 1.165) is 83.5 Å². The SMILES string of the molecule is CC/C=C/C/C=C/C/C=C/C/C=C/C/C=C/CCCCCCCCC(=O)OCC(COCCC(C(=O)O)[N+](C)(C)C)OC(=O)CCCCCCCCCCCCCCCCCCCCCCCC. The molecule has 2 unspecified atom stereocenters. The van der Waals surface area contributed by atoms with Crippen LogP contribution in [-0.4, -0.2) is 80.6 Å². The van der Waals surface area contributed by atoms with E-state index in [4.69, 9.17) is 14.2 Å². The monoisotopic (exact) mass is 955 g/mol. The first kappa shape index (κ1) is 65.0. The minimum Gasteiger partial charge on any atom is -0.477 e. The molecule has 1 N–H and O–H groups in total. The van der Waals surface area contributed by atoms with Crippen LogP contribution in [0.4, 0.5) is 0 Å². The van der Waals surface area contributed by atoms with Gasteiger partial charge in [-0.05, 0) is 57.8 Å². The third-order valence-corrected chi connectivity index (χ3v) is 12.7. The third-order valence-electron chi connectivity index (χ3n) is 12.7. The minimum absolute atomic E-state index is 0.0570. The van der Waals surface area contributed by atoms with Crippen molar-refractivity contribution in [2.45, 2.75) is 264 Å². The number of carboxylic acid groups (broad SMARTS) is 1. The van der Waals surface area contributed by atoms with Gasteiger partial charge in [-0.3, -0.25) is 9.59 Å². The fourth-order valence-corrected chi connectivity index (χ4v) is 8.36. The predicted molar refractivity (Wildman–Crippen MR) is 289 cm³/mol. The topological polar surface area (TPSA) is 99.1 Å². The summed E-state index contributed by atoms with van der Waals surface area (Å²) >= 11 is 0. The van der Waals surface area contributed by atoms with Crippen LogP contribution in [0.3, 0.4) is 0 Å². The molecule has 0 aromatic rings. The number of ether oxygens (including phenoxy) is 3. The van der Waals surface area contributed by atoms with E-state index in [1.807, 2.05) is 21.1 Å². The molecule has 0 saturated carbocycles. The van der Waals surface area contributed by atoms with Crippen molar-refractivity contribution in [3.8, 4) is 0 Å². The number of carboxylic acids is 1. The average molecular weight is 956 g/mol. The Morgan fingerprint density at radius 1 is 0.456 bits per heavy atom. The van der Waals surface area contributed by atoms with Crippen LogP contribution >= 0.6 is 0 Å². The maximum atomic E-state index is 12.8. The Kier molecular flexibility index (Phi) is 48.2. The van der Waals surface area contributed by atoms with Gasteiger partial charge in [0.2, 0.25) is 0 Å². The number of allylic oxidation sites excluding steroid dienone is 10. The molecule has 0 aliphatic rings. The van der Waals surface area contributed by atoms with E-state index in [1.54, 1.807) is 0 Å². The Bertz CT molecular complexity index is 1290. The quantitative estimate of drug-likeness (QED) is 0.0281. The van der Waals surface area contributed by atoms with Gasteiger partial charge in [-0.25, -0.2) is 4.79 Å². The number of esters is 2. The first-order valence-electron chi connectivity index (χ1n) is 28.3. The van der Waals surface area contributed by atoms with E-state index in [2.05, 4.69) is 74.6 Å². The number of nitrogens with zero attached hydrogens (tertiary/aromatic N) is 1. The molecule has 2 atom stereocenters. The van der Waals surface area contributed by atoms with Crippen molar-refractivity contribution in [2.24, 2.45) is 0 Å². The largest absolute Gasteiger partial charge is 0.477 e. The summed E-state index contributed by atoms with van der Waals surface area (Å²) in [6.07, 6.45) is 64.2. The summed E-state index contributed by atoms with van der Waals surface area (Å²) in [7, 11) is 5.54. The van der Waals surface area contributed by atoms with E-state index >= 15 is 0 Å². The molecule has 0 radical (unpaired) electrons. The first-order valence-corrected chi connectivity index (χ1v) is 28.3. The van der Waals surface area contributed by atoms with Crippen molar-refractivity contribution in [3.63, 3.8) is 0 Å². The number of rotatable bonds is 51. The molecule has 68 heavy (non-hydrogen) atoms. The summed E-state index contributed by atoms with van der Waals surface area (Å²) in [6, 6.07) is -0.619. The maximum Gasteiger partial charge on any atom is 0.362 e. The minimum atomic E-state index is -0.875. The van der Waals surface area contributed by atoms with Crippen molar-refractivity contribution in [1.29, 1.82) is 0 Å². The van der Waals surface area contributed by atoms with Crippen LogP contribution in [0.15, 0.2) is 60.8 Å². The summed E-state index contributed by atoms with van der Waals surface area (Å²) in [5.41, 5.74) is 0. The first-order chi connectivity index (χ1) is 33.1. The lowest BCUT2D eigenvalue weighted by molar-refractivity contribution is -0.887. The zero-order valence-electron chi connectivity index (χ0n) is 45.1. The molecule has 394 valence electrons. The molecule has 0 aromatic carbocycles. The van der Waals surface area contributed by atoms with E-state index in [-0.39, 0.29) is 36.2 Å². The third kappa shape index (κ3) is 48.1. The second-order valence-corrected chi connectivity index (χ2v) is 20.2. The van der Waals surface area contributed by atoms with Crippen LogP contribution in [0.5, 0.6) is 0 Å². The van der Waals surface area contributed by atoms with Gasteiger partial charge in [0.05, 0.1) is 34.4 Å². The summed E-state index contributed by atoms with van der Waals surface area (Å²) in [5.74, 6) is -1.47. The number of carbonyl (C=O) groups is 3. The molecule has 0 rings (SSSR count). The van der Waals surface area contributed by atoms with Crippen molar-refractivity contribution in [3.05, 3.63) is 60.8 Å². The zero-order chi connectivity index (χ0) is 49.9. The molecule has 0 aromatic heterocycles. The summed E-state index contributed by atoms with van der Waals surface area (Å²) in [6.45, 7) is 4.65. The van der Waals surface area contributed by atoms with Gasteiger partial charge in [0.15, 0.2) is 12.1 Å². The standard InChI is InChI=1S/C60H107NO7/c1-6-8-10-12-14-16-18-20-22-24-26-28-30-32-34-36-38-40-42-44-46-48-50-58(62)67-55-56(54-66-53-52-57(60(64)65)61(3,4)5)68-59(63)51-49-47-45-43-41-39-37-35-33-31-29-27-25-23-21-19-17-15-13-11-9-7-2/h8,10,14,16,20,22,26,28,32,34,56-57H,6-7,9,11-13,15,17-19,21,23-25,27,29-31,33,35-55H2,1-5H3/p+1/b10-8+,16-14+,22-20+,28-26+,34-32+. The molecule has 0 heterocycles. The summed E-state index contributed by atoms with van der Waals surface area (Å²) in [5, 5.41) is 9.68. The lowest BCUT2D eigenvalue weighted by Gasteiger charge is -2.31. The van der Waals surface area contributed by atoms with Crippen LogP contribution in [0.25, 0.3) is 0 Å². The van der Waals surface area contributed by atoms with Crippen molar-refractivity contribution >= 4 is 17.9 Å². The molecule has 0 saturated heterocycles. The van der Waals surface area contributed by atoms with E-state index < -0.39 is 18.1 Å². The number of aliphatic carboxylic acids is 1. The molecule has 0 aliphatic carbocycles. The molecule has 0 bridgehead atoms. The van der Waals surface area contributed by atoms with Gasteiger partial charge in [-0.1, -0.05) is 235 Å². The second-order valence-electron chi connectivity index (χ2n) is 20.2. The van der Waals surface area contributed by atoms with E-state index in [1.165, 1.54) is 135 Å². The molecule has 0 fully saturated rings. The Morgan fingerprint density at radius 2 is 0.824 bits per heavy atom. The fourth-order valence-electron chi connectivity index (χ4n) is 8.36. The lowest BCUT2D eigenvalue weighted by atomic mass is 10.0. The van der Waals surface area contributed by atoms with Gasteiger partial charge in [-0.15, -0.1) is 0 Å². The number of quaternary nitrogens is 1. The van der Waals surface area contributed by atoms with Crippen molar-refractivity contribution in [2.75, 3.05) is 41.0 Å². The van der Waals surface area contributed by atoms with Crippen molar-refractivity contribution in [1.82, 2.24) is 0 Å². The van der Waals surface area contributed by atoms with Crippen LogP contribution in [0.1, 0.15) is 251 Å². The molecule has 0 spiro atoms.